The van der Waals surface area contributed by atoms with Gasteiger partial charge in [0.15, 0.2) is 11.5 Å². The van der Waals surface area contributed by atoms with E-state index in [-0.39, 0.29) is 5.91 Å². The largest absolute Gasteiger partial charge is 0.490 e. The average molecular weight is 357 g/mol. The molecule has 6 nitrogen and oxygen atoms in total. The molecule has 3 rings (SSSR count). The average Bonchev–Trinajstić information content (AvgIpc) is 3.39. The van der Waals surface area contributed by atoms with E-state index in [0.717, 1.165) is 24.3 Å². The Balaban J connectivity index is 1.77. The van der Waals surface area contributed by atoms with Crippen LogP contribution in [0.5, 0.6) is 11.5 Å². The fraction of sp³-hybridized carbons (Fsp3) is 0.500. The first-order valence-electron chi connectivity index (χ1n) is 9.35. The van der Waals surface area contributed by atoms with Gasteiger partial charge in [0.05, 0.1) is 19.4 Å². The van der Waals surface area contributed by atoms with Crippen LogP contribution < -0.4 is 14.8 Å². The zero-order valence-electron chi connectivity index (χ0n) is 15.7. The van der Waals surface area contributed by atoms with Gasteiger partial charge in [-0.1, -0.05) is 6.92 Å². The minimum absolute atomic E-state index is 0.173. The molecule has 1 heterocycles. The second-order valence-corrected chi connectivity index (χ2v) is 6.70. The maximum absolute atomic E-state index is 12.8. The molecular formula is C20H27N3O3. The van der Waals surface area contributed by atoms with Crippen molar-refractivity contribution in [2.45, 2.75) is 46.6 Å². The van der Waals surface area contributed by atoms with E-state index in [1.54, 1.807) is 24.4 Å². The van der Waals surface area contributed by atoms with Crippen LogP contribution in [0, 0.1) is 12.8 Å². The maximum Gasteiger partial charge on any atom is 0.256 e. The second-order valence-electron chi connectivity index (χ2n) is 6.70. The number of rotatable bonds is 9. The Kier molecular flexibility index (Phi) is 5.81. The van der Waals surface area contributed by atoms with Gasteiger partial charge in [0, 0.05) is 17.7 Å². The van der Waals surface area contributed by atoms with Gasteiger partial charge in [0.2, 0.25) is 0 Å². The molecule has 6 heteroatoms. The highest BCUT2D eigenvalue weighted by Crippen LogP contribution is 2.32. The first kappa shape index (κ1) is 18.3. The lowest BCUT2D eigenvalue weighted by Crippen LogP contribution is -2.17. The predicted octanol–water partition coefficient (Wildman–Crippen LogP) is 4.04. The van der Waals surface area contributed by atoms with E-state index in [1.807, 2.05) is 18.5 Å². The molecule has 140 valence electrons. The highest BCUT2D eigenvalue weighted by Gasteiger charge is 2.24. The molecule has 0 radical (unpaired) electrons. The van der Waals surface area contributed by atoms with Gasteiger partial charge in [0.1, 0.15) is 5.82 Å². The number of aromatic nitrogens is 2. The Hall–Kier alpha value is -2.50. The summed E-state index contributed by atoms with van der Waals surface area (Å²) in [5.74, 6) is 2.54. The van der Waals surface area contributed by atoms with Crippen molar-refractivity contribution in [2.24, 2.45) is 5.92 Å². The second kappa shape index (κ2) is 8.25. The lowest BCUT2D eigenvalue weighted by atomic mass is 10.2. The molecule has 1 saturated carbocycles. The normalized spacial score (nSPS) is 13.5. The van der Waals surface area contributed by atoms with E-state index in [0.29, 0.717) is 36.2 Å². The van der Waals surface area contributed by atoms with Gasteiger partial charge in [-0.05, 0) is 57.2 Å². The summed E-state index contributed by atoms with van der Waals surface area (Å²) in [5, 5.41) is 7.40. The number of hydrogen-bond donors (Lipinski definition) is 1. The Morgan fingerprint density at radius 2 is 2.08 bits per heavy atom. The summed E-state index contributed by atoms with van der Waals surface area (Å²) >= 11 is 0. The number of hydrogen-bond acceptors (Lipinski definition) is 4. The third kappa shape index (κ3) is 4.36. The Labute approximate surface area is 154 Å². The molecule has 1 aromatic carbocycles. The van der Waals surface area contributed by atoms with E-state index < -0.39 is 0 Å². The van der Waals surface area contributed by atoms with Gasteiger partial charge >= 0.3 is 0 Å². The number of carbonyl (C=O) groups is 1. The van der Waals surface area contributed by atoms with Crippen molar-refractivity contribution in [2.75, 3.05) is 18.5 Å². The van der Waals surface area contributed by atoms with Crippen molar-refractivity contribution >= 4 is 11.7 Å². The van der Waals surface area contributed by atoms with Crippen LogP contribution in [0.1, 0.15) is 49.0 Å². The number of nitrogens with one attached hydrogen (secondary N) is 1. The van der Waals surface area contributed by atoms with Crippen LogP contribution in [0.4, 0.5) is 5.82 Å². The number of amides is 1. The molecule has 1 N–H and O–H groups in total. The van der Waals surface area contributed by atoms with Crippen LogP contribution in [0.3, 0.4) is 0 Å². The highest BCUT2D eigenvalue weighted by atomic mass is 16.5. The predicted molar refractivity (Wildman–Crippen MR) is 101 cm³/mol. The quantitative estimate of drug-likeness (QED) is 0.735. The number of nitrogens with zero attached hydrogens (tertiary/aromatic N) is 2. The fourth-order valence-corrected chi connectivity index (χ4v) is 2.75. The van der Waals surface area contributed by atoms with Crippen molar-refractivity contribution in [1.82, 2.24) is 9.78 Å². The van der Waals surface area contributed by atoms with E-state index in [1.165, 1.54) is 12.8 Å². The van der Waals surface area contributed by atoms with Crippen LogP contribution in [-0.4, -0.2) is 28.9 Å². The van der Waals surface area contributed by atoms with Gasteiger partial charge in [-0.3, -0.25) is 4.79 Å². The van der Waals surface area contributed by atoms with Gasteiger partial charge < -0.3 is 14.8 Å². The molecule has 0 bridgehead atoms. The van der Waals surface area contributed by atoms with E-state index in [9.17, 15) is 4.79 Å². The van der Waals surface area contributed by atoms with Gasteiger partial charge in [-0.15, -0.1) is 0 Å². The topological polar surface area (TPSA) is 65.4 Å². The minimum atomic E-state index is -0.173. The summed E-state index contributed by atoms with van der Waals surface area (Å²) in [4.78, 5) is 12.8. The molecular weight excluding hydrogens is 330 g/mol. The summed E-state index contributed by atoms with van der Waals surface area (Å²) in [5.41, 5.74) is 1.50. The summed E-state index contributed by atoms with van der Waals surface area (Å²) in [6.45, 7) is 7.91. The molecule has 0 unspecified atom stereocenters. The van der Waals surface area contributed by atoms with E-state index in [2.05, 4.69) is 17.3 Å². The van der Waals surface area contributed by atoms with E-state index >= 15 is 0 Å². The zero-order chi connectivity index (χ0) is 18.5. The lowest BCUT2D eigenvalue weighted by Gasteiger charge is -2.14. The summed E-state index contributed by atoms with van der Waals surface area (Å²) in [6, 6.07) is 5.30. The zero-order valence-corrected chi connectivity index (χ0v) is 15.7. The molecule has 0 saturated heterocycles. The molecule has 2 aromatic rings. The standard InChI is InChI=1S/C20H27N3O3/c1-4-10-26-17-9-8-16(11-18(17)25-5-2)20(24)22-19-14(3)12-21-23(19)13-15-6-7-15/h8-9,11-12,15H,4-7,10,13H2,1-3H3,(H,22,24). The summed E-state index contributed by atoms with van der Waals surface area (Å²) in [6.07, 6.45) is 5.19. The van der Waals surface area contributed by atoms with Crippen LogP contribution >= 0.6 is 0 Å². The van der Waals surface area contributed by atoms with Gasteiger partial charge in [-0.25, -0.2) is 4.68 Å². The van der Waals surface area contributed by atoms with Crippen molar-refractivity contribution in [3.63, 3.8) is 0 Å². The van der Waals surface area contributed by atoms with Crippen LogP contribution in [0.15, 0.2) is 24.4 Å². The molecule has 1 aliphatic carbocycles. The number of ether oxygens (including phenoxy) is 2. The summed E-state index contributed by atoms with van der Waals surface area (Å²) < 4.78 is 13.2. The van der Waals surface area contributed by atoms with Crippen molar-refractivity contribution in [1.29, 1.82) is 0 Å². The molecule has 26 heavy (non-hydrogen) atoms. The van der Waals surface area contributed by atoms with Crippen molar-refractivity contribution in [3.8, 4) is 11.5 Å². The number of benzene rings is 1. The maximum atomic E-state index is 12.8. The SMILES string of the molecule is CCCOc1ccc(C(=O)Nc2c(C)cnn2CC2CC2)cc1OCC. The monoisotopic (exact) mass is 357 g/mol. The Morgan fingerprint density at radius 1 is 1.27 bits per heavy atom. The van der Waals surface area contributed by atoms with Crippen LogP contribution in [-0.2, 0) is 6.54 Å². The van der Waals surface area contributed by atoms with Gasteiger partial charge in [0.25, 0.3) is 5.91 Å². The van der Waals surface area contributed by atoms with Crippen LogP contribution in [0.25, 0.3) is 0 Å². The highest BCUT2D eigenvalue weighted by molar-refractivity contribution is 6.04. The van der Waals surface area contributed by atoms with Crippen molar-refractivity contribution < 1.29 is 14.3 Å². The minimum Gasteiger partial charge on any atom is -0.490 e. The molecule has 1 amide bonds. The molecule has 0 spiro atoms. The summed E-state index contributed by atoms with van der Waals surface area (Å²) in [7, 11) is 0. The Bertz CT molecular complexity index is 766. The Morgan fingerprint density at radius 3 is 2.77 bits per heavy atom. The first-order chi connectivity index (χ1) is 12.6. The molecule has 1 aromatic heterocycles. The van der Waals surface area contributed by atoms with E-state index in [4.69, 9.17) is 9.47 Å². The lowest BCUT2D eigenvalue weighted by molar-refractivity contribution is 0.102. The number of carbonyl (C=O) groups excluding carboxylic acids is 1. The number of aryl methyl sites for hydroxylation is 1. The van der Waals surface area contributed by atoms with Crippen molar-refractivity contribution in [3.05, 3.63) is 35.5 Å². The van der Waals surface area contributed by atoms with Crippen LogP contribution in [0.2, 0.25) is 0 Å². The molecule has 1 fully saturated rings. The molecule has 0 atom stereocenters. The third-order valence-electron chi connectivity index (χ3n) is 4.35. The molecule has 1 aliphatic rings. The third-order valence-corrected chi connectivity index (χ3v) is 4.35. The smallest absolute Gasteiger partial charge is 0.256 e. The molecule has 0 aliphatic heterocycles. The fourth-order valence-electron chi connectivity index (χ4n) is 2.75. The first-order valence-corrected chi connectivity index (χ1v) is 9.35. The van der Waals surface area contributed by atoms with Gasteiger partial charge in [-0.2, -0.15) is 5.10 Å². The number of anilines is 1.